The smallest absolute Gasteiger partial charge is 0.272 e. The quantitative estimate of drug-likeness (QED) is 0.734. The van der Waals surface area contributed by atoms with Gasteiger partial charge in [0.1, 0.15) is 11.9 Å². The normalized spacial score (nSPS) is 9.78. The third-order valence-corrected chi connectivity index (χ3v) is 2.16. The van der Waals surface area contributed by atoms with Gasteiger partial charge in [-0.1, -0.05) is 0 Å². The molecule has 0 atom stereocenters. The van der Waals surface area contributed by atoms with Crippen LogP contribution in [-0.4, -0.2) is 9.97 Å². The van der Waals surface area contributed by atoms with Gasteiger partial charge in [0.05, 0.1) is 0 Å². The Kier molecular flexibility index (Phi) is 2.93. The van der Waals surface area contributed by atoms with Gasteiger partial charge < -0.3 is 11.1 Å². The number of nitriles is 1. The van der Waals surface area contributed by atoms with E-state index in [1.165, 1.54) is 24.3 Å². The minimum Gasteiger partial charge on any atom is -0.369 e. The van der Waals surface area contributed by atoms with Crippen LogP contribution in [0.5, 0.6) is 0 Å². The molecule has 0 bridgehead atoms. The van der Waals surface area contributed by atoms with Crippen LogP contribution in [0, 0.1) is 17.1 Å². The summed E-state index contributed by atoms with van der Waals surface area (Å²) >= 11 is 0. The first kappa shape index (κ1) is 11.6. The van der Waals surface area contributed by atoms with E-state index in [-0.39, 0.29) is 23.1 Å². The number of nitrogens with zero attached hydrogens (tertiary/aromatic N) is 2. The molecule has 1 aromatic carbocycles. The van der Waals surface area contributed by atoms with Crippen LogP contribution in [0.15, 0.2) is 29.1 Å². The summed E-state index contributed by atoms with van der Waals surface area (Å²) in [5.74, 6) is -0.464. The molecule has 0 aliphatic heterocycles. The predicted octanol–water partition coefficient (Wildman–Crippen LogP) is 1.11. The van der Waals surface area contributed by atoms with Crippen molar-refractivity contribution in [2.24, 2.45) is 0 Å². The summed E-state index contributed by atoms with van der Waals surface area (Å²) < 4.78 is 12.7. The van der Waals surface area contributed by atoms with Crippen molar-refractivity contribution >= 4 is 17.5 Å². The summed E-state index contributed by atoms with van der Waals surface area (Å²) in [6.07, 6.45) is 0. The van der Waals surface area contributed by atoms with Crippen LogP contribution >= 0.6 is 0 Å². The van der Waals surface area contributed by atoms with Crippen molar-refractivity contribution in [2.45, 2.75) is 0 Å². The summed E-state index contributed by atoms with van der Waals surface area (Å²) in [4.78, 5) is 17.5. The van der Waals surface area contributed by atoms with E-state index >= 15 is 0 Å². The van der Waals surface area contributed by atoms with Gasteiger partial charge >= 0.3 is 0 Å². The zero-order valence-electron chi connectivity index (χ0n) is 9.07. The highest BCUT2D eigenvalue weighted by Crippen LogP contribution is 2.16. The van der Waals surface area contributed by atoms with E-state index in [0.29, 0.717) is 5.69 Å². The third-order valence-electron chi connectivity index (χ3n) is 2.16. The topological polar surface area (TPSA) is 108 Å². The van der Waals surface area contributed by atoms with E-state index in [4.69, 9.17) is 11.0 Å². The summed E-state index contributed by atoms with van der Waals surface area (Å²) in [6, 6.07) is 7.11. The standard InChI is InChI=1S/C11H8FN5O/c12-6-1-3-7(4-2-6)15-9-8(5-13)10(18)17-11(14)16-9/h1-4H,(H4,14,15,16,17,18). The summed E-state index contributed by atoms with van der Waals surface area (Å²) in [6.45, 7) is 0. The van der Waals surface area contributed by atoms with Crippen LogP contribution in [0.3, 0.4) is 0 Å². The lowest BCUT2D eigenvalue weighted by molar-refractivity contribution is 0.628. The van der Waals surface area contributed by atoms with Gasteiger partial charge in [-0.05, 0) is 24.3 Å². The van der Waals surface area contributed by atoms with Gasteiger partial charge in [-0.3, -0.25) is 9.78 Å². The van der Waals surface area contributed by atoms with Crippen LogP contribution in [0.4, 0.5) is 21.8 Å². The van der Waals surface area contributed by atoms with Crippen molar-refractivity contribution in [3.05, 3.63) is 46.0 Å². The Morgan fingerprint density at radius 3 is 2.67 bits per heavy atom. The molecule has 0 saturated carbocycles. The molecule has 1 aromatic heterocycles. The second-order valence-corrected chi connectivity index (χ2v) is 3.42. The van der Waals surface area contributed by atoms with Gasteiger partial charge in [-0.2, -0.15) is 10.2 Å². The lowest BCUT2D eigenvalue weighted by Crippen LogP contribution is -2.17. The first-order valence-corrected chi connectivity index (χ1v) is 4.92. The number of hydrogen-bond acceptors (Lipinski definition) is 5. The van der Waals surface area contributed by atoms with E-state index in [1.807, 2.05) is 0 Å². The monoisotopic (exact) mass is 245 g/mol. The Balaban J connectivity index is 2.43. The number of rotatable bonds is 2. The van der Waals surface area contributed by atoms with E-state index in [2.05, 4.69) is 15.3 Å². The van der Waals surface area contributed by atoms with Crippen LogP contribution < -0.4 is 16.6 Å². The first-order chi connectivity index (χ1) is 8.60. The maximum Gasteiger partial charge on any atom is 0.272 e. The molecule has 0 saturated heterocycles. The number of nitrogens with two attached hydrogens (primary N) is 1. The maximum atomic E-state index is 12.7. The molecular formula is C11H8FN5O. The lowest BCUT2D eigenvalue weighted by Gasteiger charge is -2.07. The van der Waals surface area contributed by atoms with Gasteiger partial charge in [0.25, 0.3) is 5.56 Å². The largest absolute Gasteiger partial charge is 0.369 e. The highest BCUT2D eigenvalue weighted by atomic mass is 19.1. The predicted molar refractivity (Wildman–Crippen MR) is 63.7 cm³/mol. The van der Waals surface area contributed by atoms with E-state index in [1.54, 1.807) is 6.07 Å². The van der Waals surface area contributed by atoms with E-state index < -0.39 is 5.56 Å². The van der Waals surface area contributed by atoms with Crippen molar-refractivity contribution in [1.29, 1.82) is 5.26 Å². The molecule has 7 heteroatoms. The molecule has 0 aliphatic carbocycles. The highest BCUT2D eigenvalue weighted by molar-refractivity contribution is 5.62. The third kappa shape index (κ3) is 2.27. The Hall–Kier alpha value is -2.88. The Morgan fingerprint density at radius 1 is 1.39 bits per heavy atom. The van der Waals surface area contributed by atoms with Crippen molar-refractivity contribution in [3.8, 4) is 6.07 Å². The molecule has 2 aromatic rings. The molecule has 0 unspecified atom stereocenters. The van der Waals surface area contributed by atoms with Crippen LogP contribution in [0.1, 0.15) is 5.56 Å². The molecule has 90 valence electrons. The molecule has 1 heterocycles. The molecule has 4 N–H and O–H groups in total. The fourth-order valence-electron chi connectivity index (χ4n) is 1.35. The highest BCUT2D eigenvalue weighted by Gasteiger charge is 2.10. The molecule has 0 fully saturated rings. The molecule has 0 aliphatic rings. The molecule has 0 radical (unpaired) electrons. The van der Waals surface area contributed by atoms with E-state index in [0.717, 1.165) is 0 Å². The minimum atomic E-state index is -0.630. The van der Waals surface area contributed by atoms with Crippen molar-refractivity contribution in [2.75, 3.05) is 11.1 Å². The molecule has 2 rings (SSSR count). The number of H-pyrrole nitrogens is 1. The zero-order valence-corrected chi connectivity index (χ0v) is 9.07. The lowest BCUT2D eigenvalue weighted by atomic mass is 10.3. The number of benzene rings is 1. The average molecular weight is 245 g/mol. The zero-order chi connectivity index (χ0) is 13.1. The first-order valence-electron chi connectivity index (χ1n) is 4.92. The fourth-order valence-corrected chi connectivity index (χ4v) is 1.35. The molecule has 0 amide bonds. The van der Waals surface area contributed by atoms with Gasteiger partial charge in [0.15, 0.2) is 11.4 Å². The van der Waals surface area contributed by atoms with Crippen LogP contribution in [0.25, 0.3) is 0 Å². The van der Waals surface area contributed by atoms with Crippen molar-refractivity contribution < 1.29 is 4.39 Å². The Labute approximate surface area is 101 Å². The van der Waals surface area contributed by atoms with Gasteiger partial charge in [0.2, 0.25) is 5.95 Å². The average Bonchev–Trinajstić information content (AvgIpc) is 2.32. The van der Waals surface area contributed by atoms with Crippen LogP contribution in [-0.2, 0) is 0 Å². The summed E-state index contributed by atoms with van der Waals surface area (Å²) in [5, 5.41) is 11.6. The number of aromatic amines is 1. The number of aromatic nitrogens is 2. The Bertz CT molecular complexity index is 671. The molecule has 18 heavy (non-hydrogen) atoms. The SMILES string of the molecule is N#Cc1c(Nc2ccc(F)cc2)nc(N)[nH]c1=O. The second-order valence-electron chi connectivity index (χ2n) is 3.42. The van der Waals surface area contributed by atoms with Crippen LogP contribution in [0.2, 0.25) is 0 Å². The number of halogens is 1. The molecular weight excluding hydrogens is 237 g/mol. The fraction of sp³-hybridized carbons (Fsp3) is 0. The Morgan fingerprint density at radius 2 is 2.06 bits per heavy atom. The summed E-state index contributed by atoms with van der Waals surface area (Å²) in [7, 11) is 0. The number of anilines is 3. The number of hydrogen-bond donors (Lipinski definition) is 3. The van der Waals surface area contributed by atoms with E-state index in [9.17, 15) is 9.18 Å². The maximum absolute atomic E-state index is 12.7. The van der Waals surface area contributed by atoms with Gasteiger partial charge in [-0.25, -0.2) is 4.39 Å². The summed E-state index contributed by atoms with van der Waals surface area (Å²) in [5.41, 5.74) is 5.06. The molecule has 0 spiro atoms. The number of nitrogens with one attached hydrogen (secondary N) is 2. The van der Waals surface area contributed by atoms with Crippen molar-refractivity contribution in [1.82, 2.24) is 9.97 Å². The van der Waals surface area contributed by atoms with Gasteiger partial charge in [-0.15, -0.1) is 0 Å². The van der Waals surface area contributed by atoms with Gasteiger partial charge in [0, 0.05) is 5.69 Å². The second kappa shape index (κ2) is 4.55. The number of nitrogen functional groups attached to an aromatic ring is 1. The van der Waals surface area contributed by atoms with Crippen molar-refractivity contribution in [3.63, 3.8) is 0 Å². The minimum absolute atomic E-state index is 0.0327. The molecule has 6 nitrogen and oxygen atoms in total.